The number of aromatic amines is 1. The molecule has 0 aromatic carbocycles. The fourth-order valence-corrected chi connectivity index (χ4v) is 3.02. The Kier molecular flexibility index (Phi) is 2.91. The molecule has 2 aliphatic rings. The zero-order chi connectivity index (χ0) is 15.4. The largest absolute Gasteiger partial charge is 0.417 e. The third-order valence-electron chi connectivity index (χ3n) is 4.45. The fraction of sp³-hybridized carbons (Fsp3) is 0.538. The van der Waals surface area contributed by atoms with E-state index in [2.05, 4.69) is 0 Å². The Morgan fingerprint density at radius 1 is 1.48 bits per heavy atom. The summed E-state index contributed by atoms with van der Waals surface area (Å²) < 4.78 is 38.0. The highest BCUT2D eigenvalue weighted by Gasteiger charge is 2.51. The first-order valence-corrected chi connectivity index (χ1v) is 6.59. The number of fused-ring (bicyclic) bond motifs is 1. The number of hydrogen-bond donors (Lipinski definition) is 2. The SMILES string of the molecule is N[C@]12CC[C@H]1CN(C(=O)c1cc(C(F)(F)F)c[nH]c1=O)C2. The first-order chi connectivity index (χ1) is 9.71. The number of carbonyl (C=O) groups is 1. The molecule has 2 heterocycles. The molecule has 0 bridgehead atoms. The molecule has 3 N–H and O–H groups in total. The number of nitrogens with one attached hydrogen (secondary N) is 1. The Morgan fingerprint density at radius 2 is 2.19 bits per heavy atom. The lowest BCUT2D eigenvalue weighted by atomic mass is 9.70. The minimum Gasteiger partial charge on any atom is -0.336 e. The smallest absolute Gasteiger partial charge is 0.336 e. The molecule has 1 saturated carbocycles. The number of rotatable bonds is 1. The second-order valence-corrected chi connectivity index (χ2v) is 5.78. The van der Waals surface area contributed by atoms with Crippen molar-refractivity contribution in [2.24, 2.45) is 11.7 Å². The van der Waals surface area contributed by atoms with Crippen LogP contribution in [0.3, 0.4) is 0 Å². The van der Waals surface area contributed by atoms with Crippen molar-refractivity contribution in [3.05, 3.63) is 33.7 Å². The summed E-state index contributed by atoms with van der Waals surface area (Å²) in [5.41, 5.74) is 3.29. The van der Waals surface area contributed by atoms with E-state index in [1.54, 1.807) is 0 Å². The van der Waals surface area contributed by atoms with E-state index in [0.29, 0.717) is 18.8 Å². The summed E-state index contributed by atoms with van der Waals surface area (Å²) in [6.07, 6.45) is -2.35. The van der Waals surface area contributed by atoms with Crippen LogP contribution in [0.2, 0.25) is 0 Å². The lowest BCUT2D eigenvalue weighted by Crippen LogP contribution is -2.54. The average Bonchev–Trinajstić information content (AvgIpc) is 2.61. The third kappa shape index (κ3) is 2.23. The number of alkyl halides is 3. The Morgan fingerprint density at radius 3 is 2.67 bits per heavy atom. The summed E-state index contributed by atoms with van der Waals surface area (Å²) in [4.78, 5) is 27.3. The number of H-pyrrole nitrogens is 1. The molecular formula is C13H14F3N3O2. The van der Waals surface area contributed by atoms with Crippen molar-refractivity contribution in [3.8, 4) is 0 Å². The molecule has 1 amide bonds. The zero-order valence-electron chi connectivity index (χ0n) is 11.0. The molecule has 2 fully saturated rings. The van der Waals surface area contributed by atoms with Crippen LogP contribution in [-0.4, -0.2) is 34.4 Å². The summed E-state index contributed by atoms with van der Waals surface area (Å²) in [5.74, 6) is -0.520. The predicted octanol–water partition coefficient (Wildman–Crippen LogP) is 0.957. The molecule has 0 spiro atoms. The maximum atomic E-state index is 12.7. The minimum atomic E-state index is -4.61. The van der Waals surface area contributed by atoms with Gasteiger partial charge in [0.25, 0.3) is 11.5 Å². The number of nitrogens with two attached hydrogens (primary N) is 1. The van der Waals surface area contributed by atoms with Gasteiger partial charge in [0.2, 0.25) is 0 Å². The van der Waals surface area contributed by atoms with Crippen LogP contribution in [0.25, 0.3) is 0 Å². The molecule has 1 aromatic heterocycles. The molecule has 21 heavy (non-hydrogen) atoms. The highest BCUT2D eigenvalue weighted by atomic mass is 19.4. The number of hydrogen-bond acceptors (Lipinski definition) is 3. The van der Waals surface area contributed by atoms with Gasteiger partial charge >= 0.3 is 6.18 Å². The van der Waals surface area contributed by atoms with Crippen molar-refractivity contribution in [3.63, 3.8) is 0 Å². The second kappa shape index (κ2) is 4.33. The number of likely N-dealkylation sites (tertiary alicyclic amines) is 1. The first-order valence-electron chi connectivity index (χ1n) is 6.59. The summed E-state index contributed by atoms with van der Waals surface area (Å²) in [6.45, 7) is 0.678. The topological polar surface area (TPSA) is 79.2 Å². The third-order valence-corrected chi connectivity index (χ3v) is 4.45. The molecule has 1 saturated heterocycles. The van der Waals surface area contributed by atoms with Gasteiger partial charge in [0.15, 0.2) is 0 Å². The van der Waals surface area contributed by atoms with Gasteiger partial charge in [0.05, 0.1) is 5.56 Å². The molecule has 0 unspecified atom stereocenters. The zero-order valence-corrected chi connectivity index (χ0v) is 11.0. The Hall–Kier alpha value is -1.83. The lowest BCUT2D eigenvalue weighted by Gasteiger charge is -2.39. The number of aromatic nitrogens is 1. The van der Waals surface area contributed by atoms with Crippen LogP contribution in [0.15, 0.2) is 17.1 Å². The summed E-state index contributed by atoms with van der Waals surface area (Å²) in [5, 5.41) is 0. The van der Waals surface area contributed by atoms with Crippen molar-refractivity contribution in [1.29, 1.82) is 0 Å². The van der Waals surface area contributed by atoms with Crippen LogP contribution in [0.1, 0.15) is 28.8 Å². The monoisotopic (exact) mass is 301 g/mol. The molecule has 5 nitrogen and oxygen atoms in total. The van der Waals surface area contributed by atoms with Gasteiger partial charge in [-0.25, -0.2) is 0 Å². The second-order valence-electron chi connectivity index (χ2n) is 5.78. The molecule has 1 aliphatic heterocycles. The normalized spacial score (nSPS) is 28.2. The van der Waals surface area contributed by atoms with Crippen LogP contribution in [0.5, 0.6) is 0 Å². The summed E-state index contributed by atoms with van der Waals surface area (Å²) in [6, 6.07) is 0.602. The number of amides is 1. The van der Waals surface area contributed by atoms with Crippen LogP contribution >= 0.6 is 0 Å². The van der Waals surface area contributed by atoms with Gasteiger partial charge in [-0.15, -0.1) is 0 Å². The van der Waals surface area contributed by atoms with Crippen molar-refractivity contribution in [2.75, 3.05) is 13.1 Å². The molecule has 8 heteroatoms. The van der Waals surface area contributed by atoms with Crippen LogP contribution < -0.4 is 11.3 Å². The number of nitrogens with zero attached hydrogens (tertiary/aromatic N) is 1. The van der Waals surface area contributed by atoms with E-state index in [0.717, 1.165) is 12.8 Å². The molecule has 0 radical (unpaired) electrons. The highest BCUT2D eigenvalue weighted by molar-refractivity contribution is 5.94. The molecule has 114 valence electrons. The van der Waals surface area contributed by atoms with Gasteiger partial charge < -0.3 is 15.6 Å². The lowest BCUT2D eigenvalue weighted by molar-refractivity contribution is -0.137. The highest BCUT2D eigenvalue weighted by Crippen LogP contribution is 2.42. The summed E-state index contributed by atoms with van der Waals surface area (Å²) >= 11 is 0. The van der Waals surface area contributed by atoms with Gasteiger partial charge in [-0.1, -0.05) is 0 Å². The van der Waals surface area contributed by atoms with E-state index in [4.69, 9.17) is 5.73 Å². The maximum absolute atomic E-state index is 12.7. The fourth-order valence-electron chi connectivity index (χ4n) is 3.02. The van der Waals surface area contributed by atoms with E-state index in [1.807, 2.05) is 4.98 Å². The molecule has 1 aliphatic carbocycles. The molecule has 1 aromatic rings. The number of carbonyl (C=O) groups excluding carboxylic acids is 1. The Balaban J connectivity index is 1.90. The van der Waals surface area contributed by atoms with Gasteiger partial charge in [-0.2, -0.15) is 13.2 Å². The van der Waals surface area contributed by atoms with E-state index in [-0.39, 0.29) is 12.5 Å². The number of pyridine rings is 1. The standard InChI is InChI=1S/C13H14F3N3O2/c14-13(15,16)8-3-9(10(20)18-4-8)11(21)19-5-7-1-2-12(7,17)6-19/h3-4,7H,1-2,5-6,17H2,(H,18,20)/t7-,12-/m0/s1. The molecule has 3 rings (SSSR count). The van der Waals surface area contributed by atoms with Crippen molar-refractivity contribution in [2.45, 2.75) is 24.6 Å². The minimum absolute atomic E-state index is 0.173. The van der Waals surface area contributed by atoms with E-state index >= 15 is 0 Å². The van der Waals surface area contributed by atoms with Crippen molar-refractivity contribution < 1.29 is 18.0 Å². The van der Waals surface area contributed by atoms with Crippen molar-refractivity contribution in [1.82, 2.24) is 9.88 Å². The quantitative estimate of drug-likeness (QED) is 0.811. The molecule has 2 atom stereocenters. The summed E-state index contributed by atoms with van der Waals surface area (Å²) in [7, 11) is 0. The van der Waals surface area contributed by atoms with Crippen LogP contribution in [0.4, 0.5) is 13.2 Å². The van der Waals surface area contributed by atoms with Gasteiger partial charge in [-0.3, -0.25) is 9.59 Å². The van der Waals surface area contributed by atoms with Crippen molar-refractivity contribution >= 4 is 5.91 Å². The maximum Gasteiger partial charge on any atom is 0.417 e. The predicted molar refractivity (Wildman–Crippen MR) is 67.6 cm³/mol. The Labute approximate surface area is 117 Å². The van der Waals surface area contributed by atoms with E-state index in [1.165, 1.54) is 4.90 Å². The average molecular weight is 301 g/mol. The van der Waals surface area contributed by atoms with Gasteiger partial charge in [0.1, 0.15) is 5.56 Å². The van der Waals surface area contributed by atoms with Gasteiger partial charge in [-0.05, 0) is 24.8 Å². The number of halogens is 3. The van der Waals surface area contributed by atoms with Gasteiger partial charge in [0, 0.05) is 24.8 Å². The molecular weight excluding hydrogens is 287 g/mol. The first kappa shape index (κ1) is 14.1. The van der Waals surface area contributed by atoms with E-state index < -0.39 is 34.3 Å². The van der Waals surface area contributed by atoms with E-state index in [9.17, 15) is 22.8 Å². The Bertz CT molecular complexity index is 655. The van der Waals surface area contributed by atoms with Crippen LogP contribution in [-0.2, 0) is 6.18 Å². The van der Waals surface area contributed by atoms with Crippen LogP contribution in [0, 0.1) is 5.92 Å².